The summed E-state index contributed by atoms with van der Waals surface area (Å²) in [6, 6.07) is 6.21. The highest BCUT2D eigenvalue weighted by Gasteiger charge is 2.29. The number of ether oxygens (including phenoxy) is 1. The molecule has 0 aliphatic rings. The van der Waals surface area contributed by atoms with Crippen LogP contribution >= 0.6 is 0 Å². The van der Waals surface area contributed by atoms with Crippen molar-refractivity contribution in [1.29, 1.82) is 0 Å². The monoisotopic (exact) mass is 383 g/mol. The Hall–Kier alpha value is -3.04. The van der Waals surface area contributed by atoms with E-state index in [1.807, 2.05) is 25.1 Å². The fraction of sp³-hybridized carbons (Fsp3) is 0.353. The largest absolute Gasteiger partial charge is 0.468 e. The van der Waals surface area contributed by atoms with Gasteiger partial charge in [0, 0.05) is 50.7 Å². The molecular formula is C17H20F3N5O2. The van der Waals surface area contributed by atoms with Crippen LogP contribution in [0.15, 0.2) is 36.7 Å². The third kappa shape index (κ3) is 6.65. The molecule has 7 nitrogen and oxygen atoms in total. The van der Waals surface area contributed by atoms with Gasteiger partial charge in [0.25, 0.3) is 0 Å². The number of aromatic nitrogens is 2. The van der Waals surface area contributed by atoms with Crippen molar-refractivity contribution in [3.05, 3.63) is 47.8 Å². The number of nitrogens with zero attached hydrogens (tertiary/aromatic N) is 3. The third-order valence-corrected chi connectivity index (χ3v) is 3.39. The molecule has 0 aliphatic heterocycles. The van der Waals surface area contributed by atoms with Gasteiger partial charge in [0.15, 0.2) is 6.61 Å². The van der Waals surface area contributed by atoms with Crippen molar-refractivity contribution >= 4 is 11.8 Å². The number of alkyl halides is 3. The molecule has 2 amide bonds. The van der Waals surface area contributed by atoms with Crippen LogP contribution in [0.5, 0.6) is 5.88 Å². The Labute approximate surface area is 154 Å². The first-order chi connectivity index (χ1) is 12.8. The lowest BCUT2D eigenvalue weighted by molar-refractivity contribution is -0.154. The first kappa shape index (κ1) is 20.3. The molecule has 0 radical (unpaired) electrons. The van der Waals surface area contributed by atoms with Crippen LogP contribution in [0.1, 0.15) is 11.1 Å². The molecule has 2 rings (SSSR count). The normalized spacial score (nSPS) is 11.0. The summed E-state index contributed by atoms with van der Waals surface area (Å²) < 4.78 is 41.6. The van der Waals surface area contributed by atoms with Gasteiger partial charge in [-0.05, 0) is 12.1 Å². The predicted molar refractivity (Wildman–Crippen MR) is 93.4 cm³/mol. The standard InChI is InChI=1S/C17H20F3N5O2/c1-25(2)14-12(5-3-7-21-14)9-23-16(26)24-10-13-6-4-8-22-15(13)27-11-17(18,19)20/h3-8H,9-11H2,1-2H3,(H2,23,24,26). The lowest BCUT2D eigenvalue weighted by Gasteiger charge is -2.16. The predicted octanol–water partition coefficient (Wildman–Crippen LogP) is 2.48. The molecule has 0 bridgehead atoms. The van der Waals surface area contributed by atoms with E-state index in [1.54, 1.807) is 18.3 Å². The van der Waals surface area contributed by atoms with Gasteiger partial charge in [0.2, 0.25) is 5.88 Å². The van der Waals surface area contributed by atoms with Crippen LogP contribution in [0, 0.1) is 0 Å². The minimum Gasteiger partial charge on any atom is -0.468 e. The SMILES string of the molecule is CN(C)c1ncccc1CNC(=O)NCc1cccnc1OCC(F)(F)F. The summed E-state index contributed by atoms with van der Waals surface area (Å²) in [5.41, 5.74) is 1.17. The molecule has 0 spiro atoms. The Kier molecular flexibility index (Phi) is 6.80. The summed E-state index contributed by atoms with van der Waals surface area (Å²) in [4.78, 5) is 21.8. The Morgan fingerprint density at radius 3 is 2.30 bits per heavy atom. The second-order valence-electron chi connectivity index (χ2n) is 5.79. The Bertz CT molecular complexity index is 768. The number of rotatable bonds is 7. The molecule has 0 unspecified atom stereocenters. The summed E-state index contributed by atoms with van der Waals surface area (Å²) in [6.07, 6.45) is -1.49. The number of hydrogen-bond donors (Lipinski definition) is 2. The first-order valence-corrected chi connectivity index (χ1v) is 8.02. The van der Waals surface area contributed by atoms with Gasteiger partial charge in [-0.15, -0.1) is 0 Å². The third-order valence-electron chi connectivity index (χ3n) is 3.39. The lowest BCUT2D eigenvalue weighted by atomic mass is 10.2. The van der Waals surface area contributed by atoms with Gasteiger partial charge in [-0.1, -0.05) is 12.1 Å². The maximum absolute atomic E-state index is 12.3. The number of carbonyl (C=O) groups excluding carboxylic acids is 1. The zero-order chi connectivity index (χ0) is 19.9. The van der Waals surface area contributed by atoms with E-state index in [1.165, 1.54) is 12.3 Å². The highest BCUT2D eigenvalue weighted by Crippen LogP contribution is 2.20. The summed E-state index contributed by atoms with van der Waals surface area (Å²) >= 11 is 0. The molecule has 27 heavy (non-hydrogen) atoms. The van der Waals surface area contributed by atoms with Crippen LogP contribution in [0.3, 0.4) is 0 Å². The van der Waals surface area contributed by atoms with Gasteiger partial charge in [0.1, 0.15) is 5.82 Å². The van der Waals surface area contributed by atoms with Gasteiger partial charge in [-0.3, -0.25) is 0 Å². The van der Waals surface area contributed by atoms with Crippen molar-refractivity contribution in [1.82, 2.24) is 20.6 Å². The Morgan fingerprint density at radius 1 is 1.07 bits per heavy atom. The van der Waals surface area contributed by atoms with Gasteiger partial charge in [0.05, 0.1) is 0 Å². The van der Waals surface area contributed by atoms with Gasteiger partial charge in [-0.2, -0.15) is 13.2 Å². The van der Waals surface area contributed by atoms with Crippen molar-refractivity contribution in [3.63, 3.8) is 0 Å². The number of halogens is 3. The minimum atomic E-state index is -4.46. The van der Waals surface area contributed by atoms with Crippen LogP contribution in [0.25, 0.3) is 0 Å². The zero-order valence-electron chi connectivity index (χ0n) is 14.9. The minimum absolute atomic E-state index is 0.0273. The average molecular weight is 383 g/mol. The van der Waals surface area contributed by atoms with Crippen molar-refractivity contribution in [2.75, 3.05) is 25.6 Å². The van der Waals surface area contributed by atoms with E-state index in [2.05, 4.69) is 25.3 Å². The second-order valence-corrected chi connectivity index (χ2v) is 5.79. The summed E-state index contributed by atoms with van der Waals surface area (Å²) in [5.74, 6) is 0.560. The maximum atomic E-state index is 12.3. The van der Waals surface area contributed by atoms with E-state index in [9.17, 15) is 18.0 Å². The fourth-order valence-corrected chi connectivity index (χ4v) is 2.22. The quantitative estimate of drug-likeness (QED) is 0.768. The molecule has 10 heteroatoms. The van der Waals surface area contributed by atoms with E-state index in [-0.39, 0.29) is 19.0 Å². The van der Waals surface area contributed by atoms with Gasteiger partial charge < -0.3 is 20.3 Å². The molecule has 2 aromatic rings. The highest BCUT2D eigenvalue weighted by molar-refractivity contribution is 5.74. The topological polar surface area (TPSA) is 79.4 Å². The van der Waals surface area contributed by atoms with Crippen LogP contribution in [0.2, 0.25) is 0 Å². The molecule has 0 aliphatic carbocycles. The Balaban J connectivity index is 1.89. The van der Waals surface area contributed by atoms with Crippen molar-refractivity contribution < 1.29 is 22.7 Å². The van der Waals surface area contributed by atoms with Gasteiger partial charge >= 0.3 is 12.2 Å². The smallest absolute Gasteiger partial charge is 0.422 e. The number of nitrogens with one attached hydrogen (secondary N) is 2. The highest BCUT2D eigenvalue weighted by atomic mass is 19.4. The lowest BCUT2D eigenvalue weighted by Crippen LogP contribution is -2.35. The van der Waals surface area contributed by atoms with Gasteiger partial charge in [-0.25, -0.2) is 14.8 Å². The molecule has 2 aromatic heterocycles. The fourth-order valence-electron chi connectivity index (χ4n) is 2.22. The number of pyridine rings is 2. The van der Waals surface area contributed by atoms with E-state index >= 15 is 0 Å². The molecular weight excluding hydrogens is 363 g/mol. The molecule has 0 saturated carbocycles. The van der Waals surface area contributed by atoms with Crippen molar-refractivity contribution in [3.8, 4) is 5.88 Å². The molecule has 0 fully saturated rings. The zero-order valence-corrected chi connectivity index (χ0v) is 14.9. The van der Waals surface area contributed by atoms with E-state index in [4.69, 9.17) is 0 Å². The summed E-state index contributed by atoms with van der Waals surface area (Å²) in [6.45, 7) is -1.23. The van der Waals surface area contributed by atoms with E-state index in [0.717, 1.165) is 11.4 Å². The number of anilines is 1. The first-order valence-electron chi connectivity index (χ1n) is 8.02. The van der Waals surface area contributed by atoms with Crippen molar-refractivity contribution in [2.24, 2.45) is 0 Å². The number of carbonyl (C=O) groups is 1. The Morgan fingerprint density at radius 2 is 1.67 bits per heavy atom. The molecule has 2 heterocycles. The van der Waals surface area contributed by atoms with Crippen LogP contribution in [-0.4, -0.2) is 42.9 Å². The maximum Gasteiger partial charge on any atom is 0.422 e. The average Bonchev–Trinajstić information content (AvgIpc) is 2.63. The summed E-state index contributed by atoms with van der Waals surface area (Å²) in [5, 5.41) is 5.25. The van der Waals surface area contributed by atoms with E-state index in [0.29, 0.717) is 5.56 Å². The molecule has 0 atom stereocenters. The number of hydrogen-bond acceptors (Lipinski definition) is 5. The number of amides is 2. The summed E-state index contributed by atoms with van der Waals surface area (Å²) in [7, 11) is 3.69. The van der Waals surface area contributed by atoms with Crippen LogP contribution < -0.4 is 20.3 Å². The molecule has 2 N–H and O–H groups in total. The molecule has 0 aromatic carbocycles. The van der Waals surface area contributed by atoms with Crippen molar-refractivity contribution in [2.45, 2.75) is 19.3 Å². The van der Waals surface area contributed by atoms with Crippen LogP contribution in [-0.2, 0) is 13.1 Å². The second kappa shape index (κ2) is 9.06. The van der Waals surface area contributed by atoms with Crippen LogP contribution in [0.4, 0.5) is 23.8 Å². The molecule has 0 saturated heterocycles. The van der Waals surface area contributed by atoms with E-state index < -0.39 is 18.8 Å². The number of urea groups is 1. The molecule has 146 valence electrons.